The Balaban J connectivity index is 2.03. The van der Waals surface area contributed by atoms with Crippen molar-refractivity contribution in [3.8, 4) is 5.75 Å². The first-order valence-corrected chi connectivity index (χ1v) is 8.73. The fourth-order valence-corrected chi connectivity index (χ4v) is 2.68. The third-order valence-electron chi connectivity index (χ3n) is 2.65. The number of carbonyl (C=O) groups is 1. The number of hydrogen-bond donors (Lipinski definition) is 1. The van der Waals surface area contributed by atoms with E-state index in [9.17, 15) is 13.2 Å². The van der Waals surface area contributed by atoms with Crippen LogP contribution in [0, 0.1) is 0 Å². The van der Waals surface area contributed by atoms with E-state index in [0.29, 0.717) is 11.3 Å². The molecule has 0 amide bonds. The molecule has 0 atom stereocenters. The topological polar surface area (TPSA) is 84.8 Å². The van der Waals surface area contributed by atoms with Gasteiger partial charge in [0, 0.05) is 11.4 Å². The summed E-state index contributed by atoms with van der Waals surface area (Å²) in [6.07, 6.45) is 1.36. The Morgan fingerprint density at radius 3 is 2.30 bits per heavy atom. The number of rotatable bonds is 5. The lowest BCUT2D eigenvalue weighted by Crippen LogP contribution is -2.18. The first kappa shape index (κ1) is 17.2. The fraction of sp³-hybridized carbons (Fsp3) is 0.0667. The van der Waals surface area contributed by atoms with Gasteiger partial charge in [-0.15, -0.1) is 0 Å². The first-order valence-electron chi connectivity index (χ1n) is 6.46. The molecule has 0 unspecified atom stereocenters. The van der Waals surface area contributed by atoms with Crippen molar-refractivity contribution in [2.75, 3.05) is 0 Å². The minimum Gasteiger partial charge on any atom is -0.427 e. The highest BCUT2D eigenvalue weighted by atomic mass is 79.9. The average molecular weight is 397 g/mol. The number of benzene rings is 2. The molecule has 8 heteroatoms. The quantitative estimate of drug-likeness (QED) is 0.364. The standard InChI is InChI=1S/C15H13BrN2O4S/c1-11(19)22-14-6-2-12(3-7-14)10-17-18-23(20,21)15-8-4-13(16)5-9-15/h2-10,18H,1H3/b17-10+. The second-order valence-electron chi connectivity index (χ2n) is 4.47. The second-order valence-corrected chi connectivity index (χ2v) is 7.05. The predicted molar refractivity (Wildman–Crippen MR) is 89.8 cm³/mol. The van der Waals surface area contributed by atoms with Crippen LogP contribution >= 0.6 is 15.9 Å². The van der Waals surface area contributed by atoms with E-state index in [-0.39, 0.29) is 4.90 Å². The molecule has 0 saturated heterocycles. The Hall–Kier alpha value is -2.19. The Morgan fingerprint density at radius 1 is 1.13 bits per heavy atom. The summed E-state index contributed by atoms with van der Waals surface area (Å²) in [7, 11) is -3.71. The lowest BCUT2D eigenvalue weighted by molar-refractivity contribution is -0.131. The Kier molecular flexibility index (Phi) is 5.51. The molecule has 2 rings (SSSR count). The smallest absolute Gasteiger partial charge is 0.308 e. The molecular formula is C15H13BrN2O4S. The number of sulfonamides is 1. The highest BCUT2D eigenvalue weighted by Gasteiger charge is 2.11. The van der Waals surface area contributed by atoms with E-state index in [1.807, 2.05) is 0 Å². The van der Waals surface area contributed by atoms with E-state index in [1.54, 1.807) is 36.4 Å². The zero-order valence-electron chi connectivity index (χ0n) is 12.1. The van der Waals surface area contributed by atoms with Gasteiger partial charge in [-0.2, -0.15) is 13.5 Å². The van der Waals surface area contributed by atoms with Crippen molar-refractivity contribution in [3.63, 3.8) is 0 Å². The van der Waals surface area contributed by atoms with E-state index < -0.39 is 16.0 Å². The van der Waals surface area contributed by atoms with Crippen molar-refractivity contribution >= 4 is 38.1 Å². The van der Waals surface area contributed by atoms with Gasteiger partial charge in [0.25, 0.3) is 10.0 Å². The highest BCUT2D eigenvalue weighted by Crippen LogP contribution is 2.14. The molecular weight excluding hydrogens is 384 g/mol. The molecule has 120 valence electrons. The summed E-state index contributed by atoms with van der Waals surface area (Å²) in [4.78, 5) is 13.1. The maximum atomic E-state index is 12.0. The fourth-order valence-electron chi connectivity index (χ4n) is 1.62. The van der Waals surface area contributed by atoms with Crippen LogP contribution in [0.25, 0.3) is 0 Å². The zero-order chi connectivity index (χ0) is 16.9. The van der Waals surface area contributed by atoms with Gasteiger partial charge < -0.3 is 4.74 Å². The van der Waals surface area contributed by atoms with Gasteiger partial charge in [0.05, 0.1) is 11.1 Å². The summed E-state index contributed by atoms with van der Waals surface area (Å²) in [6.45, 7) is 1.31. The van der Waals surface area contributed by atoms with E-state index in [1.165, 1.54) is 25.3 Å². The van der Waals surface area contributed by atoms with Crippen LogP contribution < -0.4 is 9.57 Å². The van der Waals surface area contributed by atoms with Gasteiger partial charge in [-0.1, -0.05) is 15.9 Å². The van der Waals surface area contributed by atoms with Crippen molar-refractivity contribution in [3.05, 3.63) is 58.6 Å². The van der Waals surface area contributed by atoms with Crippen LogP contribution in [0.1, 0.15) is 12.5 Å². The number of nitrogens with one attached hydrogen (secondary N) is 1. The third kappa shape index (κ3) is 5.19. The molecule has 2 aromatic rings. The molecule has 0 heterocycles. The summed E-state index contributed by atoms with van der Waals surface area (Å²) >= 11 is 3.24. The van der Waals surface area contributed by atoms with E-state index in [4.69, 9.17) is 4.74 Å². The number of halogens is 1. The number of nitrogens with zero attached hydrogens (tertiary/aromatic N) is 1. The number of ether oxygens (including phenoxy) is 1. The molecule has 0 spiro atoms. The van der Waals surface area contributed by atoms with Crippen molar-refractivity contribution < 1.29 is 17.9 Å². The van der Waals surface area contributed by atoms with E-state index >= 15 is 0 Å². The molecule has 0 aliphatic carbocycles. The normalized spacial score (nSPS) is 11.4. The SMILES string of the molecule is CC(=O)Oc1ccc(/C=N/NS(=O)(=O)c2ccc(Br)cc2)cc1. The van der Waals surface area contributed by atoms with E-state index in [0.717, 1.165) is 4.47 Å². The molecule has 0 bridgehead atoms. The van der Waals surface area contributed by atoms with Crippen LogP contribution in [0.2, 0.25) is 0 Å². The van der Waals surface area contributed by atoms with Gasteiger partial charge in [-0.25, -0.2) is 4.83 Å². The van der Waals surface area contributed by atoms with Gasteiger partial charge in [-0.3, -0.25) is 4.79 Å². The zero-order valence-corrected chi connectivity index (χ0v) is 14.5. The predicted octanol–water partition coefficient (Wildman–Crippen LogP) is 2.69. The second kappa shape index (κ2) is 7.38. The lowest BCUT2D eigenvalue weighted by Gasteiger charge is -2.03. The molecule has 1 N–H and O–H groups in total. The van der Waals surface area contributed by atoms with E-state index in [2.05, 4.69) is 25.9 Å². The molecule has 0 aliphatic rings. The molecule has 0 aromatic heterocycles. The molecule has 23 heavy (non-hydrogen) atoms. The van der Waals surface area contributed by atoms with Crippen LogP contribution in [0.15, 0.2) is 63.0 Å². The van der Waals surface area contributed by atoms with Gasteiger partial charge in [-0.05, 0) is 54.1 Å². The van der Waals surface area contributed by atoms with Gasteiger partial charge in [0.2, 0.25) is 0 Å². The summed E-state index contributed by atoms with van der Waals surface area (Å²) < 4.78 is 29.7. The summed E-state index contributed by atoms with van der Waals surface area (Å²) in [5.41, 5.74) is 0.652. The number of hydrogen-bond acceptors (Lipinski definition) is 5. The Labute approximate surface area is 142 Å². The maximum absolute atomic E-state index is 12.0. The van der Waals surface area contributed by atoms with Crippen LogP contribution in [0.4, 0.5) is 0 Å². The minimum absolute atomic E-state index is 0.114. The summed E-state index contributed by atoms with van der Waals surface area (Å²) in [6, 6.07) is 12.7. The highest BCUT2D eigenvalue weighted by molar-refractivity contribution is 9.10. The maximum Gasteiger partial charge on any atom is 0.308 e. The molecule has 6 nitrogen and oxygen atoms in total. The number of esters is 1. The van der Waals surface area contributed by atoms with Crippen molar-refractivity contribution in [1.29, 1.82) is 0 Å². The van der Waals surface area contributed by atoms with Gasteiger partial charge in [0.15, 0.2) is 0 Å². The van der Waals surface area contributed by atoms with Crippen molar-refractivity contribution in [2.45, 2.75) is 11.8 Å². The van der Waals surface area contributed by atoms with Crippen LogP contribution in [0.3, 0.4) is 0 Å². The summed E-state index contributed by atoms with van der Waals surface area (Å²) in [5, 5.41) is 3.72. The molecule has 0 fully saturated rings. The molecule has 0 saturated carbocycles. The van der Waals surface area contributed by atoms with Crippen LogP contribution in [-0.4, -0.2) is 20.6 Å². The first-order chi connectivity index (χ1) is 10.9. The molecule has 0 radical (unpaired) electrons. The summed E-state index contributed by atoms with van der Waals surface area (Å²) in [5.74, 6) is -0.00114. The third-order valence-corrected chi connectivity index (χ3v) is 4.42. The Bertz CT molecular complexity index is 816. The minimum atomic E-state index is -3.71. The monoisotopic (exact) mass is 396 g/mol. The van der Waals surface area contributed by atoms with Crippen molar-refractivity contribution in [1.82, 2.24) is 4.83 Å². The lowest BCUT2D eigenvalue weighted by atomic mass is 10.2. The Morgan fingerprint density at radius 2 is 1.74 bits per heavy atom. The van der Waals surface area contributed by atoms with Crippen LogP contribution in [-0.2, 0) is 14.8 Å². The largest absolute Gasteiger partial charge is 0.427 e. The number of hydrazone groups is 1. The average Bonchev–Trinajstić information content (AvgIpc) is 2.49. The van der Waals surface area contributed by atoms with Crippen molar-refractivity contribution in [2.24, 2.45) is 5.10 Å². The van der Waals surface area contributed by atoms with Crippen LogP contribution in [0.5, 0.6) is 5.75 Å². The van der Waals surface area contributed by atoms with Gasteiger partial charge >= 0.3 is 5.97 Å². The molecule has 0 aliphatic heterocycles. The van der Waals surface area contributed by atoms with Gasteiger partial charge in [0.1, 0.15) is 5.75 Å². The number of carbonyl (C=O) groups excluding carboxylic acids is 1. The molecule has 2 aromatic carbocycles.